The summed E-state index contributed by atoms with van der Waals surface area (Å²) in [5, 5.41) is 6.77. The fraction of sp³-hybridized carbons (Fsp3) is 0.471. The lowest BCUT2D eigenvalue weighted by molar-refractivity contribution is 0.170. The summed E-state index contributed by atoms with van der Waals surface area (Å²) in [4.78, 5) is 18.1. The van der Waals surface area contributed by atoms with E-state index in [0.29, 0.717) is 29.8 Å². The first-order valence-corrected chi connectivity index (χ1v) is 8.09. The molecular formula is C17H24N4O4. The Bertz CT molecular complexity index is 714. The third-order valence-corrected chi connectivity index (χ3v) is 3.63. The summed E-state index contributed by atoms with van der Waals surface area (Å²) in [6.45, 7) is 6.53. The van der Waals surface area contributed by atoms with E-state index >= 15 is 0 Å². The van der Waals surface area contributed by atoms with E-state index in [1.165, 1.54) is 0 Å². The van der Waals surface area contributed by atoms with E-state index in [0.717, 1.165) is 5.56 Å². The second-order valence-electron chi connectivity index (χ2n) is 5.64. The lowest BCUT2D eigenvalue weighted by Gasteiger charge is -2.24. The number of methoxy groups -OCH3 is 2. The molecule has 0 saturated carbocycles. The van der Waals surface area contributed by atoms with Gasteiger partial charge in [0, 0.05) is 18.2 Å². The second-order valence-corrected chi connectivity index (χ2v) is 5.64. The molecule has 25 heavy (non-hydrogen) atoms. The van der Waals surface area contributed by atoms with Gasteiger partial charge >= 0.3 is 6.03 Å². The van der Waals surface area contributed by atoms with Crippen molar-refractivity contribution in [2.75, 3.05) is 20.8 Å². The van der Waals surface area contributed by atoms with E-state index in [2.05, 4.69) is 15.5 Å². The fourth-order valence-corrected chi connectivity index (χ4v) is 2.30. The molecule has 1 heterocycles. The van der Waals surface area contributed by atoms with Gasteiger partial charge < -0.3 is 24.2 Å². The predicted molar refractivity (Wildman–Crippen MR) is 92.6 cm³/mol. The lowest BCUT2D eigenvalue weighted by Crippen LogP contribution is -2.43. The molecule has 1 aromatic carbocycles. The Morgan fingerprint density at radius 3 is 2.60 bits per heavy atom. The number of rotatable bonds is 7. The van der Waals surface area contributed by atoms with Gasteiger partial charge in [-0.3, -0.25) is 0 Å². The van der Waals surface area contributed by atoms with Gasteiger partial charge in [0.05, 0.1) is 14.2 Å². The maximum Gasteiger partial charge on any atom is 0.318 e. The van der Waals surface area contributed by atoms with Crippen LogP contribution in [0.1, 0.15) is 26.7 Å². The van der Waals surface area contributed by atoms with Crippen LogP contribution in [-0.4, -0.2) is 47.9 Å². The maximum absolute atomic E-state index is 12.1. The van der Waals surface area contributed by atoms with Crippen molar-refractivity contribution in [2.45, 2.75) is 33.4 Å². The molecule has 1 aromatic heterocycles. The van der Waals surface area contributed by atoms with Crippen molar-refractivity contribution in [3.63, 3.8) is 0 Å². The third kappa shape index (κ3) is 4.40. The number of nitrogens with one attached hydrogen (secondary N) is 1. The molecule has 8 nitrogen and oxygen atoms in total. The fourth-order valence-electron chi connectivity index (χ4n) is 2.30. The average Bonchev–Trinajstić information content (AvgIpc) is 3.07. The highest BCUT2D eigenvalue weighted by molar-refractivity contribution is 5.74. The summed E-state index contributed by atoms with van der Waals surface area (Å²) in [5.41, 5.74) is 0.738. The van der Waals surface area contributed by atoms with Crippen LogP contribution in [0.3, 0.4) is 0 Å². The van der Waals surface area contributed by atoms with Crippen molar-refractivity contribution in [3.05, 3.63) is 24.1 Å². The van der Waals surface area contributed by atoms with Crippen LogP contribution < -0.4 is 14.8 Å². The molecule has 0 atom stereocenters. The number of carbonyl (C=O) groups is 1. The van der Waals surface area contributed by atoms with Crippen LogP contribution in [0.4, 0.5) is 4.79 Å². The second kappa shape index (κ2) is 8.36. The van der Waals surface area contributed by atoms with Gasteiger partial charge in [-0.05, 0) is 39.0 Å². The largest absolute Gasteiger partial charge is 0.493 e. The molecule has 0 aliphatic heterocycles. The van der Waals surface area contributed by atoms with Crippen molar-refractivity contribution in [2.24, 2.45) is 0 Å². The summed E-state index contributed by atoms with van der Waals surface area (Å²) in [6.07, 6.45) is 0. The number of urea groups is 1. The highest BCUT2D eigenvalue weighted by atomic mass is 16.5. The molecule has 0 aliphatic carbocycles. The molecule has 0 fully saturated rings. The summed E-state index contributed by atoms with van der Waals surface area (Å²) in [6, 6.07) is 5.21. The van der Waals surface area contributed by atoms with Crippen LogP contribution in [0, 0.1) is 0 Å². The van der Waals surface area contributed by atoms with Crippen LogP contribution in [-0.2, 0) is 6.54 Å². The van der Waals surface area contributed by atoms with Crippen LogP contribution in [0.5, 0.6) is 11.5 Å². The van der Waals surface area contributed by atoms with Crippen LogP contribution in [0.25, 0.3) is 11.4 Å². The highest BCUT2D eigenvalue weighted by Gasteiger charge is 2.20. The quantitative estimate of drug-likeness (QED) is 0.827. The molecule has 0 spiro atoms. The third-order valence-electron chi connectivity index (χ3n) is 3.63. The number of ether oxygens (including phenoxy) is 2. The molecule has 0 saturated heterocycles. The Morgan fingerprint density at radius 1 is 1.28 bits per heavy atom. The van der Waals surface area contributed by atoms with Gasteiger partial charge in [-0.1, -0.05) is 5.16 Å². The summed E-state index contributed by atoms with van der Waals surface area (Å²) in [5.74, 6) is 2.00. The summed E-state index contributed by atoms with van der Waals surface area (Å²) < 4.78 is 15.8. The molecule has 2 amide bonds. The number of hydrogen-bond acceptors (Lipinski definition) is 6. The molecule has 0 unspecified atom stereocenters. The Kier molecular flexibility index (Phi) is 6.21. The minimum Gasteiger partial charge on any atom is -0.493 e. The molecule has 136 valence electrons. The first-order chi connectivity index (χ1) is 12.0. The molecule has 0 radical (unpaired) electrons. The summed E-state index contributed by atoms with van der Waals surface area (Å²) in [7, 11) is 3.14. The van der Waals surface area contributed by atoms with Crippen molar-refractivity contribution in [1.29, 1.82) is 0 Å². The number of amides is 2. The van der Waals surface area contributed by atoms with E-state index in [-0.39, 0.29) is 18.6 Å². The molecule has 0 bridgehead atoms. The van der Waals surface area contributed by atoms with Gasteiger partial charge in [0.1, 0.15) is 6.54 Å². The van der Waals surface area contributed by atoms with Crippen molar-refractivity contribution in [1.82, 2.24) is 20.4 Å². The Morgan fingerprint density at radius 2 is 2.00 bits per heavy atom. The minimum atomic E-state index is -0.164. The van der Waals surface area contributed by atoms with Gasteiger partial charge in [-0.25, -0.2) is 4.79 Å². The van der Waals surface area contributed by atoms with Gasteiger partial charge in [0.25, 0.3) is 0 Å². The van der Waals surface area contributed by atoms with Crippen LogP contribution in [0.15, 0.2) is 22.7 Å². The van der Waals surface area contributed by atoms with Gasteiger partial charge in [0.15, 0.2) is 11.5 Å². The molecule has 0 aliphatic rings. The molecule has 1 N–H and O–H groups in total. The maximum atomic E-state index is 12.1. The first kappa shape index (κ1) is 18.6. The van der Waals surface area contributed by atoms with Crippen LogP contribution >= 0.6 is 0 Å². The topological polar surface area (TPSA) is 89.7 Å². The minimum absolute atomic E-state index is 0.00276. The Balaban J connectivity index is 2.20. The summed E-state index contributed by atoms with van der Waals surface area (Å²) >= 11 is 0. The highest BCUT2D eigenvalue weighted by Crippen LogP contribution is 2.31. The number of nitrogens with zero attached hydrogens (tertiary/aromatic N) is 3. The molecular weight excluding hydrogens is 324 g/mol. The molecule has 2 aromatic rings. The van der Waals surface area contributed by atoms with Crippen molar-refractivity contribution < 1.29 is 18.8 Å². The average molecular weight is 348 g/mol. The van der Waals surface area contributed by atoms with E-state index in [4.69, 9.17) is 14.0 Å². The van der Waals surface area contributed by atoms with Crippen molar-refractivity contribution in [3.8, 4) is 22.9 Å². The van der Waals surface area contributed by atoms with Crippen molar-refractivity contribution >= 4 is 6.03 Å². The zero-order valence-electron chi connectivity index (χ0n) is 15.2. The van der Waals surface area contributed by atoms with Gasteiger partial charge in [-0.2, -0.15) is 4.98 Å². The number of hydrogen-bond donors (Lipinski definition) is 1. The number of aromatic nitrogens is 2. The standard InChI is InChI=1S/C17H24N4O4/c1-6-18-17(22)21(11(2)3)10-15-19-16(20-25-15)12-7-8-13(23-4)14(9-12)24-5/h7-9,11H,6,10H2,1-5H3,(H,18,22). The first-order valence-electron chi connectivity index (χ1n) is 8.09. The monoisotopic (exact) mass is 348 g/mol. The Hall–Kier alpha value is -2.77. The normalized spacial score (nSPS) is 10.6. The Labute approximate surface area is 147 Å². The zero-order chi connectivity index (χ0) is 18.4. The van der Waals surface area contributed by atoms with Crippen LogP contribution in [0.2, 0.25) is 0 Å². The van der Waals surface area contributed by atoms with Gasteiger partial charge in [0.2, 0.25) is 11.7 Å². The smallest absolute Gasteiger partial charge is 0.318 e. The molecule has 8 heteroatoms. The van der Waals surface area contributed by atoms with E-state index in [1.807, 2.05) is 26.8 Å². The van der Waals surface area contributed by atoms with E-state index < -0.39 is 0 Å². The number of benzene rings is 1. The number of carbonyl (C=O) groups excluding carboxylic acids is 1. The van der Waals surface area contributed by atoms with Gasteiger partial charge in [-0.15, -0.1) is 0 Å². The predicted octanol–water partition coefficient (Wildman–Crippen LogP) is 2.69. The molecule has 2 rings (SSSR count). The van der Waals surface area contributed by atoms with E-state index in [1.54, 1.807) is 31.3 Å². The zero-order valence-corrected chi connectivity index (χ0v) is 15.2. The SMILES string of the molecule is CCNC(=O)N(Cc1nc(-c2ccc(OC)c(OC)c2)no1)C(C)C. The lowest BCUT2D eigenvalue weighted by atomic mass is 10.2. The van der Waals surface area contributed by atoms with E-state index in [9.17, 15) is 4.79 Å².